The van der Waals surface area contributed by atoms with Crippen molar-refractivity contribution in [1.29, 1.82) is 0 Å². The zero-order chi connectivity index (χ0) is 17.0. The molecule has 0 unspecified atom stereocenters. The lowest BCUT2D eigenvalue weighted by atomic mass is 9.72. The molecule has 0 bridgehead atoms. The third-order valence-electron chi connectivity index (χ3n) is 4.92. The van der Waals surface area contributed by atoms with Gasteiger partial charge in [0.25, 0.3) is 11.9 Å². The first-order valence-corrected chi connectivity index (χ1v) is 8.29. The molecule has 1 aliphatic rings. The standard InChI is InChI=1S/C19H24N2O3/c1-21-12-10-19(11-13-21,15-6-4-3-5-7-15)14-20-18(22)16-8-9-17(23-2)24-16/h3-9H,10-14H2,1-2H3,(H,20,22). The number of likely N-dealkylation sites (tertiary alicyclic amines) is 1. The van der Waals surface area contributed by atoms with Crippen molar-refractivity contribution in [1.82, 2.24) is 10.2 Å². The van der Waals surface area contributed by atoms with Gasteiger partial charge < -0.3 is 19.4 Å². The fraction of sp³-hybridized carbons (Fsp3) is 0.421. The van der Waals surface area contributed by atoms with Crippen molar-refractivity contribution in [2.75, 3.05) is 33.8 Å². The molecule has 2 aromatic rings. The number of carbonyl (C=O) groups is 1. The third kappa shape index (κ3) is 3.46. The summed E-state index contributed by atoms with van der Waals surface area (Å²) in [6.07, 6.45) is 2.05. The number of methoxy groups -OCH3 is 1. The Morgan fingerprint density at radius 2 is 1.92 bits per heavy atom. The second kappa shape index (κ2) is 7.09. The van der Waals surface area contributed by atoms with Crippen LogP contribution in [0.4, 0.5) is 0 Å². The summed E-state index contributed by atoms with van der Waals surface area (Å²) in [6, 6.07) is 13.8. The van der Waals surface area contributed by atoms with Gasteiger partial charge in [0.05, 0.1) is 7.11 Å². The average Bonchev–Trinajstić information content (AvgIpc) is 3.11. The van der Waals surface area contributed by atoms with Gasteiger partial charge in [-0.05, 0) is 44.6 Å². The molecule has 128 valence electrons. The molecule has 0 saturated carbocycles. The van der Waals surface area contributed by atoms with Gasteiger partial charge >= 0.3 is 0 Å². The lowest BCUT2D eigenvalue weighted by Crippen LogP contribution is -2.48. The molecular weight excluding hydrogens is 304 g/mol. The highest BCUT2D eigenvalue weighted by atomic mass is 16.6. The molecule has 24 heavy (non-hydrogen) atoms. The molecule has 1 fully saturated rings. The summed E-state index contributed by atoms with van der Waals surface area (Å²) in [7, 11) is 3.66. The Labute approximate surface area is 142 Å². The molecule has 1 aliphatic heterocycles. The van der Waals surface area contributed by atoms with Gasteiger partial charge in [0.15, 0.2) is 5.76 Å². The van der Waals surface area contributed by atoms with Gasteiger partial charge in [0, 0.05) is 18.0 Å². The van der Waals surface area contributed by atoms with Crippen molar-refractivity contribution in [2.24, 2.45) is 0 Å². The Bertz CT molecular complexity index is 673. The number of hydrogen-bond acceptors (Lipinski definition) is 4. The Balaban J connectivity index is 1.74. The van der Waals surface area contributed by atoms with E-state index >= 15 is 0 Å². The zero-order valence-electron chi connectivity index (χ0n) is 14.2. The van der Waals surface area contributed by atoms with E-state index in [4.69, 9.17) is 9.15 Å². The SMILES string of the molecule is COc1ccc(C(=O)NCC2(c3ccccc3)CCN(C)CC2)o1. The number of nitrogens with zero attached hydrogens (tertiary/aromatic N) is 1. The molecule has 2 heterocycles. The van der Waals surface area contributed by atoms with E-state index in [-0.39, 0.29) is 17.1 Å². The van der Waals surface area contributed by atoms with Crippen LogP contribution in [0.2, 0.25) is 0 Å². The molecule has 1 saturated heterocycles. The number of rotatable bonds is 5. The van der Waals surface area contributed by atoms with Gasteiger partial charge in [-0.2, -0.15) is 0 Å². The Kier molecular flexibility index (Phi) is 4.90. The monoisotopic (exact) mass is 328 g/mol. The van der Waals surface area contributed by atoms with E-state index in [1.54, 1.807) is 12.1 Å². The summed E-state index contributed by atoms with van der Waals surface area (Å²) < 4.78 is 10.3. The van der Waals surface area contributed by atoms with Crippen LogP contribution in [0.25, 0.3) is 0 Å². The maximum Gasteiger partial charge on any atom is 0.287 e. The number of furan rings is 1. The van der Waals surface area contributed by atoms with Crippen LogP contribution in [0.5, 0.6) is 5.95 Å². The van der Waals surface area contributed by atoms with Crippen molar-refractivity contribution >= 4 is 5.91 Å². The Hall–Kier alpha value is -2.27. The minimum absolute atomic E-state index is 0.0277. The molecule has 3 rings (SSSR count). The van der Waals surface area contributed by atoms with Crippen LogP contribution in [-0.4, -0.2) is 44.6 Å². The molecule has 5 nitrogen and oxygen atoms in total. The molecule has 0 aliphatic carbocycles. The summed E-state index contributed by atoms with van der Waals surface area (Å²) in [5.41, 5.74) is 1.26. The van der Waals surface area contributed by atoms with Crippen LogP contribution in [0.3, 0.4) is 0 Å². The number of amides is 1. The summed E-state index contributed by atoms with van der Waals surface area (Å²) in [5, 5.41) is 3.05. The van der Waals surface area contributed by atoms with Gasteiger partial charge in [-0.25, -0.2) is 0 Å². The first-order valence-electron chi connectivity index (χ1n) is 8.29. The van der Waals surface area contributed by atoms with E-state index in [2.05, 4.69) is 41.5 Å². The van der Waals surface area contributed by atoms with E-state index in [0.717, 1.165) is 25.9 Å². The predicted molar refractivity (Wildman–Crippen MR) is 92.4 cm³/mol. The highest BCUT2D eigenvalue weighted by Crippen LogP contribution is 2.34. The van der Waals surface area contributed by atoms with Crippen LogP contribution in [0.1, 0.15) is 29.0 Å². The van der Waals surface area contributed by atoms with E-state index in [1.165, 1.54) is 12.7 Å². The minimum Gasteiger partial charge on any atom is -0.468 e. The maximum absolute atomic E-state index is 12.4. The Morgan fingerprint density at radius 3 is 2.54 bits per heavy atom. The minimum atomic E-state index is -0.201. The van der Waals surface area contributed by atoms with E-state index in [9.17, 15) is 4.79 Å². The summed E-state index contributed by atoms with van der Waals surface area (Å²) in [6.45, 7) is 2.66. The predicted octanol–water partition coefficient (Wildman–Crippen LogP) is 2.68. The molecule has 0 atom stereocenters. The van der Waals surface area contributed by atoms with E-state index in [1.807, 2.05) is 6.07 Å². The molecule has 1 N–H and O–H groups in total. The van der Waals surface area contributed by atoms with Crippen LogP contribution < -0.4 is 10.1 Å². The summed E-state index contributed by atoms with van der Waals surface area (Å²) in [5.74, 6) is 0.424. The van der Waals surface area contributed by atoms with Gasteiger partial charge in [-0.3, -0.25) is 4.79 Å². The number of nitrogens with one attached hydrogen (secondary N) is 1. The Morgan fingerprint density at radius 1 is 1.21 bits per heavy atom. The van der Waals surface area contributed by atoms with E-state index in [0.29, 0.717) is 12.5 Å². The molecule has 5 heteroatoms. The quantitative estimate of drug-likeness (QED) is 0.917. The van der Waals surface area contributed by atoms with Crippen LogP contribution >= 0.6 is 0 Å². The third-order valence-corrected chi connectivity index (χ3v) is 4.92. The molecule has 0 spiro atoms. The van der Waals surface area contributed by atoms with Gasteiger partial charge in [0.1, 0.15) is 0 Å². The molecule has 1 aromatic carbocycles. The van der Waals surface area contributed by atoms with Crippen LogP contribution in [0.15, 0.2) is 46.9 Å². The average molecular weight is 328 g/mol. The second-order valence-electron chi connectivity index (χ2n) is 6.46. The summed E-state index contributed by atoms with van der Waals surface area (Å²) in [4.78, 5) is 14.7. The lowest BCUT2D eigenvalue weighted by molar-refractivity contribution is 0.0894. The van der Waals surface area contributed by atoms with Crippen molar-refractivity contribution in [3.63, 3.8) is 0 Å². The first-order chi connectivity index (χ1) is 11.6. The highest BCUT2D eigenvalue weighted by Gasteiger charge is 2.35. The molecular formula is C19H24N2O3. The van der Waals surface area contributed by atoms with Crippen molar-refractivity contribution in [3.8, 4) is 5.95 Å². The van der Waals surface area contributed by atoms with Gasteiger partial charge in [0.2, 0.25) is 0 Å². The molecule has 0 radical (unpaired) electrons. The number of piperidine rings is 1. The number of hydrogen-bond donors (Lipinski definition) is 1. The molecule has 1 aromatic heterocycles. The highest BCUT2D eigenvalue weighted by molar-refractivity contribution is 5.91. The lowest BCUT2D eigenvalue weighted by Gasteiger charge is -2.41. The van der Waals surface area contributed by atoms with Gasteiger partial charge in [-0.1, -0.05) is 30.3 Å². The number of ether oxygens (including phenoxy) is 1. The topological polar surface area (TPSA) is 54.7 Å². The maximum atomic E-state index is 12.4. The van der Waals surface area contributed by atoms with Gasteiger partial charge in [-0.15, -0.1) is 0 Å². The van der Waals surface area contributed by atoms with Crippen LogP contribution in [0, 0.1) is 0 Å². The fourth-order valence-corrected chi connectivity index (χ4v) is 3.29. The number of benzene rings is 1. The number of carbonyl (C=O) groups excluding carboxylic acids is 1. The zero-order valence-corrected chi connectivity index (χ0v) is 14.2. The van der Waals surface area contributed by atoms with Crippen LogP contribution in [-0.2, 0) is 5.41 Å². The largest absolute Gasteiger partial charge is 0.468 e. The van der Waals surface area contributed by atoms with E-state index < -0.39 is 0 Å². The van der Waals surface area contributed by atoms with Crippen molar-refractivity contribution in [2.45, 2.75) is 18.3 Å². The molecule has 1 amide bonds. The smallest absolute Gasteiger partial charge is 0.287 e. The van der Waals surface area contributed by atoms with Crippen molar-refractivity contribution in [3.05, 3.63) is 53.8 Å². The normalized spacial score (nSPS) is 17.4. The first kappa shape index (κ1) is 16.6. The van der Waals surface area contributed by atoms with Crippen molar-refractivity contribution < 1.29 is 13.9 Å². The fourth-order valence-electron chi connectivity index (χ4n) is 3.29. The second-order valence-corrected chi connectivity index (χ2v) is 6.46. The summed E-state index contributed by atoms with van der Waals surface area (Å²) >= 11 is 0.